The van der Waals surface area contributed by atoms with Gasteiger partial charge in [-0.15, -0.1) is 24.0 Å². The summed E-state index contributed by atoms with van der Waals surface area (Å²) < 4.78 is 5.88. The van der Waals surface area contributed by atoms with Crippen molar-refractivity contribution >= 4 is 40.8 Å². The first-order valence-corrected chi connectivity index (χ1v) is 10.3. The van der Waals surface area contributed by atoms with Crippen molar-refractivity contribution in [3.63, 3.8) is 0 Å². The minimum Gasteiger partial charge on any atom is -0.373 e. The second-order valence-corrected chi connectivity index (χ2v) is 8.44. The molecular formula is C22H36IN5O. The zero-order chi connectivity index (χ0) is 20.1. The zero-order valence-electron chi connectivity index (χ0n) is 18.3. The third-order valence-corrected chi connectivity index (χ3v) is 5.55. The molecule has 1 aromatic heterocycles. The molecule has 0 bridgehead atoms. The topological polar surface area (TPSA) is 64.7 Å². The SMILES string of the molecule is CN=C(NCCc1c[nH]c2ccccc12)NCC(C)(C)N1CC(C)OC(C)C1.I. The molecule has 2 unspecified atom stereocenters. The Kier molecular flexibility index (Phi) is 8.78. The van der Waals surface area contributed by atoms with Crippen LogP contribution in [0, 0.1) is 0 Å². The van der Waals surface area contributed by atoms with Gasteiger partial charge in [0.2, 0.25) is 0 Å². The molecule has 0 aliphatic carbocycles. The summed E-state index contributed by atoms with van der Waals surface area (Å²) in [6.45, 7) is 12.5. The van der Waals surface area contributed by atoms with Gasteiger partial charge in [-0.05, 0) is 45.7 Å². The predicted octanol–water partition coefficient (Wildman–Crippen LogP) is 3.38. The third-order valence-electron chi connectivity index (χ3n) is 5.55. The number of morpholine rings is 1. The van der Waals surface area contributed by atoms with Crippen molar-refractivity contribution in [2.24, 2.45) is 4.99 Å². The summed E-state index contributed by atoms with van der Waals surface area (Å²) in [7, 11) is 1.83. The van der Waals surface area contributed by atoms with E-state index in [4.69, 9.17) is 4.74 Å². The van der Waals surface area contributed by atoms with Crippen molar-refractivity contribution in [2.45, 2.75) is 51.9 Å². The smallest absolute Gasteiger partial charge is 0.191 e. The van der Waals surface area contributed by atoms with Crippen LogP contribution in [0.15, 0.2) is 35.5 Å². The van der Waals surface area contributed by atoms with Crippen LogP contribution < -0.4 is 10.6 Å². The van der Waals surface area contributed by atoms with Crippen molar-refractivity contribution in [2.75, 3.05) is 33.2 Å². The Balaban J connectivity index is 0.00000300. The maximum Gasteiger partial charge on any atom is 0.191 e. The maximum atomic E-state index is 5.88. The molecule has 1 saturated heterocycles. The number of aromatic nitrogens is 1. The Morgan fingerprint density at radius 2 is 1.90 bits per heavy atom. The first kappa shape index (κ1) is 24.0. The molecule has 3 rings (SSSR count). The number of aromatic amines is 1. The fourth-order valence-corrected chi connectivity index (χ4v) is 3.96. The van der Waals surface area contributed by atoms with Gasteiger partial charge in [0, 0.05) is 55.9 Å². The summed E-state index contributed by atoms with van der Waals surface area (Å²) in [5, 5.41) is 8.25. The lowest BCUT2D eigenvalue weighted by molar-refractivity contribution is -0.0946. The molecule has 0 spiro atoms. The van der Waals surface area contributed by atoms with Gasteiger partial charge in [0.15, 0.2) is 5.96 Å². The van der Waals surface area contributed by atoms with Crippen molar-refractivity contribution in [3.8, 4) is 0 Å². The molecule has 1 aromatic carbocycles. The van der Waals surface area contributed by atoms with E-state index in [0.717, 1.165) is 38.6 Å². The van der Waals surface area contributed by atoms with E-state index in [1.807, 2.05) is 7.05 Å². The maximum absolute atomic E-state index is 5.88. The number of guanidine groups is 1. The Morgan fingerprint density at radius 1 is 1.21 bits per heavy atom. The Bertz CT molecular complexity index is 793. The molecule has 29 heavy (non-hydrogen) atoms. The number of aliphatic imine (C=N–C) groups is 1. The molecular weight excluding hydrogens is 477 g/mol. The first-order valence-electron chi connectivity index (χ1n) is 10.3. The van der Waals surface area contributed by atoms with Crippen LogP contribution in [0.4, 0.5) is 0 Å². The largest absolute Gasteiger partial charge is 0.373 e. The van der Waals surface area contributed by atoms with Crippen LogP contribution in [0.25, 0.3) is 10.9 Å². The molecule has 1 aliphatic heterocycles. The van der Waals surface area contributed by atoms with E-state index in [-0.39, 0.29) is 41.7 Å². The van der Waals surface area contributed by atoms with Gasteiger partial charge in [-0.3, -0.25) is 9.89 Å². The fourth-order valence-electron chi connectivity index (χ4n) is 3.96. The lowest BCUT2D eigenvalue weighted by atomic mass is 10.00. The van der Waals surface area contributed by atoms with E-state index in [9.17, 15) is 0 Å². The highest BCUT2D eigenvalue weighted by Gasteiger charge is 2.33. The van der Waals surface area contributed by atoms with Crippen LogP contribution in [-0.4, -0.2) is 66.8 Å². The molecule has 162 valence electrons. The standard InChI is InChI=1S/C22H35N5O.HI/c1-16-13-27(14-17(2)28-16)22(3,4)15-26-21(23-5)24-11-10-18-12-25-20-9-7-6-8-19(18)20;/h6-9,12,16-17,25H,10-11,13-15H2,1-5H3,(H2,23,24,26);1H. The predicted molar refractivity (Wildman–Crippen MR) is 132 cm³/mol. The van der Waals surface area contributed by atoms with Gasteiger partial charge in [0.1, 0.15) is 0 Å². The lowest BCUT2D eigenvalue weighted by Crippen LogP contribution is -2.59. The van der Waals surface area contributed by atoms with Gasteiger partial charge >= 0.3 is 0 Å². The van der Waals surface area contributed by atoms with E-state index < -0.39 is 0 Å². The number of fused-ring (bicyclic) bond motifs is 1. The number of rotatable bonds is 6. The molecule has 0 amide bonds. The second-order valence-electron chi connectivity index (χ2n) is 8.44. The van der Waals surface area contributed by atoms with E-state index in [0.29, 0.717) is 0 Å². The molecule has 2 atom stereocenters. The summed E-state index contributed by atoms with van der Waals surface area (Å²) in [6.07, 6.45) is 3.60. The number of hydrogen-bond acceptors (Lipinski definition) is 3. The van der Waals surface area contributed by atoms with Crippen LogP contribution in [0.2, 0.25) is 0 Å². The van der Waals surface area contributed by atoms with Crippen LogP contribution in [0.3, 0.4) is 0 Å². The molecule has 2 aromatic rings. The minimum atomic E-state index is 0. The summed E-state index contributed by atoms with van der Waals surface area (Å²) in [5.74, 6) is 0.849. The molecule has 1 aliphatic rings. The highest BCUT2D eigenvalue weighted by atomic mass is 127. The lowest BCUT2D eigenvalue weighted by Gasteiger charge is -2.45. The highest BCUT2D eigenvalue weighted by molar-refractivity contribution is 14.0. The summed E-state index contributed by atoms with van der Waals surface area (Å²) in [6, 6.07) is 8.43. The third kappa shape index (κ3) is 6.33. The van der Waals surface area contributed by atoms with Gasteiger partial charge in [0.05, 0.1) is 12.2 Å². The Labute approximate surface area is 191 Å². The van der Waals surface area contributed by atoms with Gasteiger partial charge in [-0.1, -0.05) is 18.2 Å². The van der Waals surface area contributed by atoms with Gasteiger partial charge in [-0.25, -0.2) is 0 Å². The van der Waals surface area contributed by atoms with Crippen LogP contribution >= 0.6 is 24.0 Å². The number of H-pyrrole nitrogens is 1. The van der Waals surface area contributed by atoms with Gasteiger partial charge < -0.3 is 20.4 Å². The molecule has 0 saturated carbocycles. The van der Waals surface area contributed by atoms with Gasteiger partial charge in [-0.2, -0.15) is 0 Å². The Hall–Kier alpha value is -1.32. The minimum absolute atomic E-state index is 0. The van der Waals surface area contributed by atoms with E-state index in [1.54, 1.807) is 0 Å². The van der Waals surface area contributed by atoms with E-state index >= 15 is 0 Å². The average Bonchev–Trinajstić information content (AvgIpc) is 3.07. The molecule has 7 heteroatoms. The van der Waals surface area contributed by atoms with Crippen LogP contribution in [0.5, 0.6) is 0 Å². The molecule has 3 N–H and O–H groups in total. The van der Waals surface area contributed by atoms with Crippen molar-refractivity contribution in [1.82, 2.24) is 20.5 Å². The summed E-state index contributed by atoms with van der Waals surface area (Å²) in [4.78, 5) is 10.2. The quantitative estimate of drug-likeness (QED) is 0.315. The van der Waals surface area contributed by atoms with Gasteiger partial charge in [0.25, 0.3) is 0 Å². The van der Waals surface area contributed by atoms with Crippen LogP contribution in [-0.2, 0) is 11.2 Å². The molecule has 2 heterocycles. The number of para-hydroxylation sites is 1. The first-order chi connectivity index (χ1) is 13.4. The van der Waals surface area contributed by atoms with Crippen molar-refractivity contribution in [3.05, 3.63) is 36.0 Å². The number of nitrogens with one attached hydrogen (secondary N) is 3. The zero-order valence-corrected chi connectivity index (χ0v) is 20.6. The number of halogens is 1. The summed E-state index contributed by atoms with van der Waals surface area (Å²) in [5.41, 5.74) is 2.55. The monoisotopic (exact) mass is 513 g/mol. The van der Waals surface area contributed by atoms with Crippen molar-refractivity contribution < 1.29 is 4.74 Å². The summed E-state index contributed by atoms with van der Waals surface area (Å²) >= 11 is 0. The average molecular weight is 513 g/mol. The second kappa shape index (κ2) is 10.6. The normalized spacial score (nSPS) is 21.1. The Morgan fingerprint density at radius 3 is 2.59 bits per heavy atom. The number of nitrogens with zero attached hydrogens (tertiary/aromatic N) is 2. The molecule has 0 radical (unpaired) electrons. The highest BCUT2D eigenvalue weighted by Crippen LogP contribution is 2.21. The van der Waals surface area contributed by atoms with Crippen molar-refractivity contribution in [1.29, 1.82) is 0 Å². The number of ether oxygens (including phenoxy) is 1. The fraction of sp³-hybridized carbons (Fsp3) is 0.591. The molecule has 1 fully saturated rings. The number of benzene rings is 1. The van der Waals surface area contributed by atoms with E-state index in [2.05, 4.69) is 83.7 Å². The van der Waals surface area contributed by atoms with E-state index in [1.165, 1.54) is 16.5 Å². The number of hydrogen-bond donors (Lipinski definition) is 3. The van der Waals surface area contributed by atoms with Crippen LogP contribution in [0.1, 0.15) is 33.3 Å². The molecule has 6 nitrogen and oxygen atoms in total.